The first-order valence-corrected chi connectivity index (χ1v) is 5.71. The summed E-state index contributed by atoms with van der Waals surface area (Å²) in [6, 6.07) is 8.11. The molecule has 2 rings (SSSR count). The largest absolute Gasteiger partial charge is 0.382 e. The maximum Gasteiger partial charge on any atom is 0.150 e. The number of imidazole rings is 1. The van der Waals surface area contributed by atoms with Gasteiger partial charge in [0.1, 0.15) is 11.5 Å². The number of aryl methyl sites for hydroxylation is 1. The Labute approximate surface area is 101 Å². The van der Waals surface area contributed by atoms with Gasteiger partial charge in [0.05, 0.1) is 0 Å². The Morgan fingerprint density at radius 1 is 1.18 bits per heavy atom. The molecule has 1 aromatic heterocycles. The van der Waals surface area contributed by atoms with Crippen molar-refractivity contribution < 1.29 is 0 Å². The van der Waals surface area contributed by atoms with E-state index in [1.165, 1.54) is 10.2 Å². The van der Waals surface area contributed by atoms with Crippen LogP contribution in [-0.2, 0) is 0 Å². The topological polar surface area (TPSA) is 69.9 Å². The van der Waals surface area contributed by atoms with Crippen molar-refractivity contribution in [2.75, 3.05) is 11.6 Å². The van der Waals surface area contributed by atoms with Crippen molar-refractivity contribution in [1.82, 2.24) is 9.66 Å². The van der Waals surface area contributed by atoms with Crippen LogP contribution in [0.3, 0.4) is 0 Å². The van der Waals surface area contributed by atoms with E-state index in [-0.39, 0.29) is 5.92 Å². The van der Waals surface area contributed by atoms with Crippen molar-refractivity contribution in [2.24, 2.45) is 0 Å². The quantitative estimate of drug-likeness (QED) is 0.777. The predicted molar refractivity (Wildman–Crippen MR) is 71.1 cm³/mol. The molecule has 0 aliphatic carbocycles. The molecule has 0 unspecified atom stereocenters. The van der Waals surface area contributed by atoms with Crippen LogP contribution in [0.5, 0.6) is 0 Å². The molecule has 0 fully saturated rings. The molecule has 2 aromatic rings. The molecule has 0 bridgehead atoms. The Kier molecular flexibility index (Phi) is 2.79. The molecule has 90 valence electrons. The number of hydrogen-bond acceptors (Lipinski definition) is 3. The molecule has 17 heavy (non-hydrogen) atoms. The molecule has 4 nitrogen and oxygen atoms in total. The predicted octanol–water partition coefficient (Wildman–Crippen LogP) is 2.28. The van der Waals surface area contributed by atoms with Crippen molar-refractivity contribution in [2.45, 2.75) is 26.7 Å². The molecular weight excluding hydrogens is 212 g/mol. The van der Waals surface area contributed by atoms with Gasteiger partial charge in [0.25, 0.3) is 0 Å². The maximum absolute atomic E-state index is 5.99. The number of hydrogen-bond donors (Lipinski definition) is 2. The summed E-state index contributed by atoms with van der Waals surface area (Å²) in [4.78, 5) is 4.52. The number of nitrogens with two attached hydrogens (primary N) is 2. The second-order valence-corrected chi connectivity index (χ2v) is 4.59. The summed E-state index contributed by atoms with van der Waals surface area (Å²) < 4.78 is 1.47. The fourth-order valence-corrected chi connectivity index (χ4v) is 1.79. The van der Waals surface area contributed by atoms with Crippen LogP contribution >= 0.6 is 0 Å². The van der Waals surface area contributed by atoms with Crippen molar-refractivity contribution in [3.63, 3.8) is 0 Å². The van der Waals surface area contributed by atoms with E-state index < -0.39 is 0 Å². The zero-order valence-corrected chi connectivity index (χ0v) is 10.4. The van der Waals surface area contributed by atoms with Crippen LogP contribution in [-0.4, -0.2) is 9.66 Å². The van der Waals surface area contributed by atoms with Crippen LogP contribution in [0.25, 0.3) is 11.3 Å². The van der Waals surface area contributed by atoms with E-state index in [9.17, 15) is 0 Å². The van der Waals surface area contributed by atoms with E-state index >= 15 is 0 Å². The first kappa shape index (κ1) is 11.5. The summed E-state index contributed by atoms with van der Waals surface area (Å²) in [6.07, 6.45) is 0. The average Bonchev–Trinajstić information content (AvgIpc) is 2.58. The van der Waals surface area contributed by atoms with Gasteiger partial charge in [0, 0.05) is 11.5 Å². The van der Waals surface area contributed by atoms with Gasteiger partial charge in [-0.25, -0.2) is 9.66 Å². The van der Waals surface area contributed by atoms with Crippen LogP contribution < -0.4 is 11.6 Å². The number of rotatable bonds is 2. The van der Waals surface area contributed by atoms with Gasteiger partial charge in [-0.2, -0.15) is 0 Å². The van der Waals surface area contributed by atoms with Gasteiger partial charge in [-0.1, -0.05) is 43.7 Å². The van der Waals surface area contributed by atoms with E-state index in [0.29, 0.717) is 5.82 Å². The van der Waals surface area contributed by atoms with Crippen LogP contribution in [0.4, 0.5) is 5.82 Å². The Morgan fingerprint density at radius 3 is 2.24 bits per heavy atom. The first-order chi connectivity index (χ1) is 8.00. The lowest BCUT2D eigenvalue weighted by molar-refractivity contribution is 0.739. The highest BCUT2D eigenvalue weighted by atomic mass is 15.4. The molecule has 1 aromatic carbocycles. The molecule has 1 heterocycles. The van der Waals surface area contributed by atoms with E-state index in [0.717, 1.165) is 17.1 Å². The summed E-state index contributed by atoms with van der Waals surface area (Å²) >= 11 is 0. The first-order valence-electron chi connectivity index (χ1n) is 5.71. The standard InChI is InChI=1S/C13H18N4/c1-8(2)13-16-11(12(14)17(13)15)10-6-4-9(3)5-7-10/h4-8H,14-15H2,1-3H3. The van der Waals surface area contributed by atoms with E-state index in [1.54, 1.807) is 0 Å². The third kappa shape index (κ3) is 1.98. The molecule has 0 saturated heterocycles. The van der Waals surface area contributed by atoms with Gasteiger partial charge in [-0.05, 0) is 6.92 Å². The summed E-state index contributed by atoms with van der Waals surface area (Å²) in [6.45, 7) is 6.14. The molecule has 4 N–H and O–H groups in total. The van der Waals surface area contributed by atoms with Gasteiger partial charge in [-0.15, -0.1) is 0 Å². The second-order valence-electron chi connectivity index (χ2n) is 4.59. The third-order valence-corrected chi connectivity index (χ3v) is 2.82. The second kappa shape index (κ2) is 4.13. The number of anilines is 1. The lowest BCUT2D eigenvalue weighted by atomic mass is 10.1. The zero-order valence-electron chi connectivity index (χ0n) is 10.4. The monoisotopic (exact) mass is 230 g/mol. The maximum atomic E-state index is 5.99. The van der Waals surface area contributed by atoms with E-state index in [2.05, 4.69) is 4.98 Å². The van der Waals surface area contributed by atoms with E-state index in [4.69, 9.17) is 11.6 Å². The normalized spacial score (nSPS) is 11.1. The van der Waals surface area contributed by atoms with Gasteiger partial charge in [0.15, 0.2) is 5.82 Å². The summed E-state index contributed by atoms with van der Waals surface area (Å²) in [5, 5.41) is 0. The minimum Gasteiger partial charge on any atom is -0.382 e. The number of aromatic nitrogens is 2. The van der Waals surface area contributed by atoms with Crippen molar-refractivity contribution in [3.8, 4) is 11.3 Å². The third-order valence-electron chi connectivity index (χ3n) is 2.82. The molecule has 0 amide bonds. The molecule has 4 heteroatoms. The fourth-order valence-electron chi connectivity index (χ4n) is 1.79. The van der Waals surface area contributed by atoms with Crippen molar-refractivity contribution >= 4 is 5.82 Å². The minimum absolute atomic E-state index is 0.251. The number of benzene rings is 1. The van der Waals surface area contributed by atoms with Crippen molar-refractivity contribution in [3.05, 3.63) is 35.7 Å². The van der Waals surface area contributed by atoms with Gasteiger partial charge in [0.2, 0.25) is 0 Å². The highest BCUT2D eigenvalue weighted by molar-refractivity contribution is 5.71. The highest BCUT2D eigenvalue weighted by Gasteiger charge is 2.16. The summed E-state index contributed by atoms with van der Waals surface area (Å²) in [5.41, 5.74) is 8.96. The zero-order chi connectivity index (χ0) is 12.6. The lowest BCUT2D eigenvalue weighted by Gasteiger charge is -2.04. The molecular formula is C13H18N4. The molecule has 0 saturated carbocycles. The molecule has 0 aliphatic rings. The van der Waals surface area contributed by atoms with Crippen LogP contribution in [0, 0.1) is 6.92 Å². The Bertz CT molecular complexity index is 523. The molecule has 0 atom stereocenters. The van der Waals surface area contributed by atoms with Crippen molar-refractivity contribution in [1.29, 1.82) is 0 Å². The lowest BCUT2D eigenvalue weighted by Crippen LogP contribution is -2.16. The smallest absolute Gasteiger partial charge is 0.150 e. The summed E-state index contributed by atoms with van der Waals surface area (Å²) in [7, 11) is 0. The fraction of sp³-hybridized carbons (Fsp3) is 0.308. The summed E-state index contributed by atoms with van der Waals surface area (Å²) in [5.74, 6) is 7.47. The van der Waals surface area contributed by atoms with Gasteiger partial charge >= 0.3 is 0 Å². The van der Waals surface area contributed by atoms with Crippen LogP contribution in [0.15, 0.2) is 24.3 Å². The Hall–Kier alpha value is -1.97. The molecule has 0 aliphatic heterocycles. The van der Waals surface area contributed by atoms with Crippen LogP contribution in [0.2, 0.25) is 0 Å². The molecule has 0 spiro atoms. The number of nitrogen functional groups attached to an aromatic ring is 2. The number of nitrogens with zero attached hydrogens (tertiary/aromatic N) is 2. The SMILES string of the molecule is Cc1ccc(-c2nc(C(C)C)n(N)c2N)cc1. The Morgan fingerprint density at radius 2 is 1.76 bits per heavy atom. The van der Waals surface area contributed by atoms with E-state index in [1.807, 2.05) is 45.0 Å². The minimum atomic E-state index is 0.251. The van der Waals surface area contributed by atoms with Crippen LogP contribution in [0.1, 0.15) is 31.2 Å². The Balaban J connectivity index is 2.53. The highest BCUT2D eigenvalue weighted by Crippen LogP contribution is 2.27. The van der Waals surface area contributed by atoms with Gasteiger partial charge < -0.3 is 11.6 Å². The average molecular weight is 230 g/mol. The van der Waals surface area contributed by atoms with Gasteiger partial charge in [-0.3, -0.25) is 0 Å². The molecule has 0 radical (unpaired) electrons.